The van der Waals surface area contributed by atoms with E-state index in [0.29, 0.717) is 25.1 Å². The highest BCUT2D eigenvalue weighted by molar-refractivity contribution is 7.81. The molecule has 3 rings (SSSR count). The van der Waals surface area contributed by atoms with Crippen LogP contribution in [-0.2, 0) is 22.2 Å². The Morgan fingerprint density at radius 1 is 1.11 bits per heavy atom. The molecule has 1 fully saturated rings. The molecule has 1 saturated heterocycles. The van der Waals surface area contributed by atoms with Crippen LogP contribution >= 0.6 is 12.2 Å². The molecule has 0 aromatic heterocycles. The van der Waals surface area contributed by atoms with Crippen molar-refractivity contribution in [2.24, 2.45) is 0 Å². The lowest BCUT2D eigenvalue weighted by atomic mass is 10.1. The van der Waals surface area contributed by atoms with E-state index in [2.05, 4.69) is 5.32 Å². The van der Waals surface area contributed by atoms with Crippen LogP contribution in [0.3, 0.4) is 0 Å². The summed E-state index contributed by atoms with van der Waals surface area (Å²) >= 11 is 5.66. The van der Waals surface area contributed by atoms with Gasteiger partial charge in [0.25, 0.3) is 0 Å². The molecular weight excluding hydrogens is 505 g/mol. The van der Waals surface area contributed by atoms with Gasteiger partial charge in [0, 0.05) is 31.6 Å². The minimum absolute atomic E-state index is 0.0428. The Bertz CT molecular complexity index is 1180. The first kappa shape index (κ1) is 28.1. The molecule has 1 heterocycles. The van der Waals surface area contributed by atoms with Gasteiger partial charge in [0.1, 0.15) is 0 Å². The lowest BCUT2D eigenvalue weighted by Crippen LogP contribution is -2.46. The molecule has 0 unspecified atom stereocenters. The van der Waals surface area contributed by atoms with Gasteiger partial charge in [-0.3, -0.25) is 14.5 Å². The molecule has 0 aliphatic carbocycles. The Labute approximate surface area is 218 Å². The Kier molecular flexibility index (Phi) is 9.60. The van der Waals surface area contributed by atoms with Crippen molar-refractivity contribution in [1.82, 2.24) is 5.32 Å². The number of nitriles is 1. The summed E-state index contributed by atoms with van der Waals surface area (Å²) in [5.74, 6) is -0.589. The molecule has 2 amide bonds. The first-order valence-electron chi connectivity index (χ1n) is 11.9. The van der Waals surface area contributed by atoms with Gasteiger partial charge in [0.2, 0.25) is 11.8 Å². The molecule has 37 heavy (non-hydrogen) atoms. The zero-order valence-corrected chi connectivity index (χ0v) is 20.9. The summed E-state index contributed by atoms with van der Waals surface area (Å²) in [6.45, 7) is 0.534. The molecule has 0 atom stereocenters. The summed E-state index contributed by atoms with van der Waals surface area (Å²) in [6.07, 6.45) is -1.84. The number of aliphatic hydroxyl groups excluding tert-OH is 1. The lowest BCUT2D eigenvalue weighted by molar-refractivity contribution is -0.137. The summed E-state index contributed by atoms with van der Waals surface area (Å²) in [5, 5.41) is 20.6. The zero-order valence-electron chi connectivity index (χ0n) is 20.1. The van der Waals surface area contributed by atoms with Crippen molar-refractivity contribution in [1.29, 1.82) is 5.26 Å². The highest BCUT2D eigenvalue weighted by Crippen LogP contribution is 2.35. The molecule has 0 radical (unpaired) electrons. The predicted octanol–water partition coefficient (Wildman–Crippen LogP) is 4.32. The maximum Gasteiger partial charge on any atom is 0.417 e. The van der Waals surface area contributed by atoms with Crippen molar-refractivity contribution >= 4 is 40.5 Å². The average Bonchev–Trinajstić information content (AvgIpc) is 2.94. The van der Waals surface area contributed by atoms with E-state index in [0.717, 1.165) is 35.4 Å². The summed E-state index contributed by atoms with van der Waals surface area (Å²) < 4.78 is 40.8. The van der Waals surface area contributed by atoms with Crippen LogP contribution in [0.2, 0.25) is 0 Å². The zero-order chi connectivity index (χ0) is 27.0. The molecular formula is C26H27F3N4O3S. The second-order valence-electron chi connectivity index (χ2n) is 8.55. The first-order valence-corrected chi connectivity index (χ1v) is 12.3. The van der Waals surface area contributed by atoms with Crippen LogP contribution in [-0.4, -0.2) is 41.7 Å². The normalized spacial score (nSPS) is 15.0. The maximum absolute atomic E-state index is 13.6. The molecule has 0 spiro atoms. The number of carbonyl (C=O) groups excluding carboxylic acids is 2. The molecule has 0 bridgehead atoms. The second-order valence-corrected chi connectivity index (χ2v) is 8.92. The van der Waals surface area contributed by atoms with E-state index in [1.54, 1.807) is 23.1 Å². The van der Waals surface area contributed by atoms with E-state index in [1.165, 1.54) is 6.07 Å². The summed E-state index contributed by atoms with van der Waals surface area (Å²) in [4.78, 5) is 27.7. The van der Waals surface area contributed by atoms with Crippen molar-refractivity contribution in [3.05, 3.63) is 59.2 Å². The highest BCUT2D eigenvalue weighted by Gasteiger charge is 2.35. The molecule has 196 valence electrons. The number of anilines is 2. The van der Waals surface area contributed by atoms with E-state index in [4.69, 9.17) is 22.6 Å². The van der Waals surface area contributed by atoms with Gasteiger partial charge in [-0.25, -0.2) is 0 Å². The summed E-state index contributed by atoms with van der Waals surface area (Å²) in [6, 6.07) is 12.0. The minimum atomic E-state index is -4.77. The first-order chi connectivity index (χ1) is 17.7. The topological polar surface area (TPSA) is 96.7 Å². The third-order valence-electron chi connectivity index (χ3n) is 5.95. The van der Waals surface area contributed by atoms with Crippen molar-refractivity contribution in [2.75, 3.05) is 29.5 Å². The minimum Gasteiger partial charge on any atom is -0.395 e. The molecule has 7 nitrogen and oxygen atoms in total. The quantitative estimate of drug-likeness (QED) is 0.516. The van der Waals surface area contributed by atoms with Crippen molar-refractivity contribution < 1.29 is 27.9 Å². The van der Waals surface area contributed by atoms with Crippen LogP contribution in [0.5, 0.6) is 0 Å². The number of nitrogens with one attached hydrogen (secondary N) is 1. The molecule has 1 aliphatic rings. The van der Waals surface area contributed by atoms with Crippen molar-refractivity contribution in [2.45, 2.75) is 44.7 Å². The molecule has 2 N–H and O–H groups in total. The fourth-order valence-electron chi connectivity index (χ4n) is 4.04. The van der Waals surface area contributed by atoms with Crippen molar-refractivity contribution in [3.63, 3.8) is 0 Å². The third kappa shape index (κ3) is 7.27. The number of carbonyl (C=O) groups is 2. The third-order valence-corrected chi connectivity index (χ3v) is 6.36. The lowest BCUT2D eigenvalue weighted by Gasteiger charge is -2.32. The van der Waals surface area contributed by atoms with Crippen LogP contribution in [0.25, 0.3) is 0 Å². The Morgan fingerprint density at radius 3 is 2.46 bits per heavy atom. The average molecular weight is 533 g/mol. The van der Waals surface area contributed by atoms with Gasteiger partial charge >= 0.3 is 6.18 Å². The number of benzene rings is 2. The van der Waals surface area contributed by atoms with Gasteiger partial charge in [-0.2, -0.15) is 18.4 Å². The van der Waals surface area contributed by atoms with E-state index in [9.17, 15) is 22.8 Å². The fraction of sp³-hybridized carbons (Fsp3) is 0.385. The number of thiocarbonyl (C=S) groups is 1. The molecule has 2 aromatic rings. The van der Waals surface area contributed by atoms with Gasteiger partial charge in [-0.1, -0.05) is 18.6 Å². The second kappa shape index (κ2) is 12.7. The summed E-state index contributed by atoms with van der Waals surface area (Å²) in [7, 11) is 0. The monoisotopic (exact) mass is 532 g/mol. The smallest absolute Gasteiger partial charge is 0.395 e. The number of nitrogens with zero attached hydrogens (tertiary/aromatic N) is 3. The number of hydrogen-bond donors (Lipinski definition) is 2. The predicted molar refractivity (Wildman–Crippen MR) is 137 cm³/mol. The van der Waals surface area contributed by atoms with Gasteiger partial charge in [-0.15, -0.1) is 0 Å². The van der Waals surface area contributed by atoms with Crippen LogP contribution in [0.1, 0.15) is 48.8 Å². The highest BCUT2D eigenvalue weighted by atomic mass is 32.1. The van der Waals surface area contributed by atoms with Crippen molar-refractivity contribution in [3.8, 4) is 6.07 Å². The number of alkyl halides is 3. The Morgan fingerprint density at radius 2 is 1.81 bits per heavy atom. The van der Waals surface area contributed by atoms with Crippen LogP contribution in [0.15, 0.2) is 42.5 Å². The van der Waals surface area contributed by atoms with Gasteiger partial charge < -0.3 is 15.3 Å². The van der Waals surface area contributed by atoms with Gasteiger partial charge in [0.15, 0.2) is 5.11 Å². The van der Waals surface area contributed by atoms with Crippen LogP contribution < -0.4 is 15.1 Å². The molecule has 2 aromatic carbocycles. The van der Waals surface area contributed by atoms with E-state index in [1.807, 2.05) is 12.1 Å². The SMILES string of the molecule is N#Cc1ccc(N2C(=O)CCCCCN(c3ccc(CCC(=O)NCCO)cc3)C2=S)cc1C(F)(F)F. The van der Waals surface area contributed by atoms with E-state index < -0.39 is 23.2 Å². The largest absolute Gasteiger partial charge is 0.417 e. The van der Waals surface area contributed by atoms with Gasteiger partial charge in [-0.05, 0) is 67.4 Å². The number of aliphatic hydroxyl groups is 1. The van der Waals surface area contributed by atoms with Gasteiger partial charge in [0.05, 0.1) is 29.5 Å². The van der Waals surface area contributed by atoms with E-state index in [-0.39, 0.29) is 42.7 Å². The standard InChI is InChI=1S/C26H27F3N4O3S/c27-26(28,29)22-16-21(11-8-19(22)17-30)33-24(36)4-2-1-3-14-32(25(33)37)20-9-5-18(6-10-20)7-12-23(35)31-13-15-34/h5-6,8-11,16,34H,1-4,7,12-15H2,(H,31,35). The van der Waals surface area contributed by atoms with E-state index >= 15 is 0 Å². The number of rotatable bonds is 7. The number of hydrogen-bond acceptors (Lipinski definition) is 5. The number of amides is 2. The molecule has 1 aliphatic heterocycles. The Hall–Kier alpha value is -3.49. The number of aryl methyl sites for hydroxylation is 1. The summed E-state index contributed by atoms with van der Waals surface area (Å²) in [5.41, 5.74) is -0.132. The Balaban J connectivity index is 1.89. The number of halogens is 3. The fourth-order valence-corrected chi connectivity index (χ4v) is 4.44. The van der Waals surface area contributed by atoms with Crippen LogP contribution in [0.4, 0.5) is 24.5 Å². The van der Waals surface area contributed by atoms with Crippen LogP contribution in [0, 0.1) is 11.3 Å². The molecule has 0 saturated carbocycles. The maximum atomic E-state index is 13.6. The molecule has 11 heteroatoms.